The van der Waals surface area contributed by atoms with Gasteiger partial charge in [0.2, 0.25) is 0 Å². The fourth-order valence-electron chi connectivity index (χ4n) is 7.60. The lowest BCUT2D eigenvalue weighted by Gasteiger charge is -2.31. The maximum absolute atomic E-state index is 4.92. The number of hydrogen-bond acceptors (Lipinski definition) is 5. The first-order valence-corrected chi connectivity index (χ1v) is 15.1. The minimum atomic E-state index is 0.0382. The van der Waals surface area contributed by atoms with Gasteiger partial charge in [0.05, 0.1) is 0 Å². The van der Waals surface area contributed by atoms with E-state index < -0.39 is 0 Å². The molecule has 206 valence electrons. The Morgan fingerprint density at radius 1 is 0.651 bits per heavy atom. The van der Waals surface area contributed by atoms with Crippen LogP contribution >= 0.6 is 0 Å². The van der Waals surface area contributed by atoms with Crippen molar-refractivity contribution in [1.29, 1.82) is 0 Å². The minimum absolute atomic E-state index is 0.0382. The molecule has 0 radical (unpaired) electrons. The Hall–Kier alpha value is -5.03. The van der Waals surface area contributed by atoms with Crippen LogP contribution in [0.15, 0.2) is 103 Å². The molecule has 3 atom stereocenters. The molecule has 5 nitrogen and oxygen atoms in total. The third kappa shape index (κ3) is 3.54. The highest BCUT2D eigenvalue weighted by atomic mass is 15.1. The minimum Gasteiger partial charge on any atom is -0.253 e. The van der Waals surface area contributed by atoms with Crippen LogP contribution < -0.4 is 0 Å². The molecule has 43 heavy (non-hydrogen) atoms. The van der Waals surface area contributed by atoms with Gasteiger partial charge < -0.3 is 0 Å². The van der Waals surface area contributed by atoms with Crippen molar-refractivity contribution in [3.05, 3.63) is 126 Å². The quantitative estimate of drug-likeness (QED) is 0.218. The van der Waals surface area contributed by atoms with E-state index in [1.807, 2.05) is 36.4 Å². The summed E-state index contributed by atoms with van der Waals surface area (Å²) in [5, 5.41) is 0. The van der Waals surface area contributed by atoms with Gasteiger partial charge >= 0.3 is 0 Å². The number of aromatic nitrogens is 5. The molecule has 3 aromatic carbocycles. The highest BCUT2D eigenvalue weighted by Gasteiger charge is 2.51. The van der Waals surface area contributed by atoms with Gasteiger partial charge in [-0.1, -0.05) is 74.5 Å². The summed E-state index contributed by atoms with van der Waals surface area (Å²) in [5.41, 5.74) is 14.1. The highest BCUT2D eigenvalue weighted by molar-refractivity contribution is 5.90. The van der Waals surface area contributed by atoms with Crippen LogP contribution in [0.3, 0.4) is 0 Å². The second-order valence-electron chi connectivity index (χ2n) is 12.2. The first kappa shape index (κ1) is 24.6. The molecule has 1 saturated carbocycles. The van der Waals surface area contributed by atoms with Crippen LogP contribution in [0.5, 0.6) is 0 Å². The fourth-order valence-corrected chi connectivity index (χ4v) is 7.60. The number of pyridine rings is 2. The second-order valence-corrected chi connectivity index (χ2v) is 12.2. The summed E-state index contributed by atoms with van der Waals surface area (Å²) in [6.07, 6.45) is 5.81. The number of benzene rings is 3. The molecular formula is C38H29N5. The maximum Gasteiger partial charge on any atom is 0.182 e. The first-order chi connectivity index (χ1) is 21.1. The third-order valence-corrected chi connectivity index (χ3v) is 9.90. The molecule has 9 rings (SSSR count). The van der Waals surface area contributed by atoms with E-state index in [1.54, 1.807) is 23.5 Å². The van der Waals surface area contributed by atoms with Gasteiger partial charge in [0.25, 0.3) is 0 Å². The Labute approximate surface area is 250 Å². The van der Waals surface area contributed by atoms with Crippen molar-refractivity contribution in [3.8, 4) is 56.7 Å². The van der Waals surface area contributed by atoms with E-state index in [1.165, 1.54) is 39.8 Å². The van der Waals surface area contributed by atoms with Crippen LogP contribution in [-0.2, 0) is 5.41 Å². The number of nitrogens with zero attached hydrogens (tertiary/aromatic N) is 5. The van der Waals surface area contributed by atoms with Crippen LogP contribution in [0.2, 0.25) is 0 Å². The smallest absolute Gasteiger partial charge is 0.182 e. The standard InChI is InChI=1S/C38H29N5/c1-3-38(2)30-11-5-4-10-24(30)26-17-16-25-23-15-14-22(20-27(23)28-21-29(28)33(25)34(26)38)35-41-36(31-12-6-8-18-39-31)43-37(42-35)32-13-7-9-19-40-32/h4-20,28-29H,3,21H2,1-2H3. The van der Waals surface area contributed by atoms with Crippen LogP contribution in [0, 0.1) is 0 Å². The summed E-state index contributed by atoms with van der Waals surface area (Å²) in [6.45, 7) is 4.79. The summed E-state index contributed by atoms with van der Waals surface area (Å²) in [6, 6.07) is 32.1. The largest absolute Gasteiger partial charge is 0.253 e. The maximum atomic E-state index is 4.92. The van der Waals surface area contributed by atoms with Crippen molar-refractivity contribution in [2.45, 2.75) is 43.9 Å². The van der Waals surface area contributed by atoms with Crippen LogP contribution in [0.25, 0.3) is 56.7 Å². The van der Waals surface area contributed by atoms with E-state index in [0.29, 0.717) is 40.7 Å². The van der Waals surface area contributed by atoms with Crippen LogP contribution in [0.4, 0.5) is 0 Å². The van der Waals surface area contributed by atoms with Gasteiger partial charge in [0, 0.05) is 23.4 Å². The zero-order valence-corrected chi connectivity index (χ0v) is 24.1. The molecule has 0 aliphatic heterocycles. The lowest BCUT2D eigenvalue weighted by molar-refractivity contribution is 0.558. The van der Waals surface area contributed by atoms with Gasteiger partial charge in [0.1, 0.15) is 11.4 Å². The lowest BCUT2D eigenvalue weighted by atomic mass is 9.72. The molecule has 3 heterocycles. The summed E-state index contributed by atoms with van der Waals surface area (Å²) < 4.78 is 0. The Kier molecular flexibility index (Phi) is 5.13. The molecule has 3 unspecified atom stereocenters. The molecule has 3 aliphatic rings. The predicted molar refractivity (Wildman–Crippen MR) is 169 cm³/mol. The zero-order chi connectivity index (χ0) is 28.7. The molecule has 3 aromatic heterocycles. The van der Waals surface area contributed by atoms with Crippen molar-refractivity contribution < 1.29 is 0 Å². The molecule has 0 spiro atoms. The number of fused-ring (bicyclic) bond motifs is 10. The van der Waals surface area contributed by atoms with E-state index in [0.717, 1.165) is 12.0 Å². The Morgan fingerprint density at radius 2 is 1.30 bits per heavy atom. The number of rotatable bonds is 4. The topological polar surface area (TPSA) is 64.5 Å². The Bertz CT molecular complexity index is 2010. The summed E-state index contributed by atoms with van der Waals surface area (Å²) in [7, 11) is 0. The normalized spacial score (nSPS) is 20.4. The Balaban J connectivity index is 1.20. The van der Waals surface area contributed by atoms with Gasteiger partial charge in [0.15, 0.2) is 17.5 Å². The highest BCUT2D eigenvalue weighted by Crippen LogP contribution is 2.66. The van der Waals surface area contributed by atoms with Gasteiger partial charge in [-0.2, -0.15) is 0 Å². The predicted octanol–water partition coefficient (Wildman–Crippen LogP) is 8.61. The van der Waals surface area contributed by atoms with Gasteiger partial charge in [-0.05, 0) is 99.5 Å². The van der Waals surface area contributed by atoms with E-state index >= 15 is 0 Å². The van der Waals surface area contributed by atoms with Crippen molar-refractivity contribution in [2.24, 2.45) is 0 Å². The van der Waals surface area contributed by atoms with Crippen LogP contribution in [-0.4, -0.2) is 24.9 Å². The molecule has 0 amide bonds. The van der Waals surface area contributed by atoms with Gasteiger partial charge in [-0.15, -0.1) is 0 Å². The van der Waals surface area contributed by atoms with E-state index in [4.69, 9.17) is 15.0 Å². The van der Waals surface area contributed by atoms with Crippen molar-refractivity contribution >= 4 is 0 Å². The van der Waals surface area contributed by atoms with E-state index in [9.17, 15) is 0 Å². The molecule has 6 aromatic rings. The third-order valence-electron chi connectivity index (χ3n) is 9.90. The van der Waals surface area contributed by atoms with Crippen LogP contribution in [0.1, 0.15) is 60.8 Å². The van der Waals surface area contributed by atoms with Crippen molar-refractivity contribution in [2.75, 3.05) is 0 Å². The lowest BCUT2D eigenvalue weighted by Crippen LogP contribution is -2.22. The van der Waals surface area contributed by atoms with Crippen molar-refractivity contribution in [1.82, 2.24) is 24.9 Å². The monoisotopic (exact) mass is 555 g/mol. The summed E-state index contributed by atoms with van der Waals surface area (Å²) in [5.74, 6) is 2.82. The molecular weight excluding hydrogens is 526 g/mol. The van der Waals surface area contributed by atoms with E-state index in [2.05, 4.69) is 78.4 Å². The summed E-state index contributed by atoms with van der Waals surface area (Å²) in [4.78, 5) is 23.6. The van der Waals surface area contributed by atoms with Crippen molar-refractivity contribution in [3.63, 3.8) is 0 Å². The van der Waals surface area contributed by atoms with Gasteiger partial charge in [-0.25, -0.2) is 15.0 Å². The SMILES string of the molecule is CCC1(C)c2ccccc2-c2ccc3c(c21)C1CC1c1cc(-c2nc(-c4ccccn4)nc(-c4ccccn4)n2)ccc1-3. The molecule has 0 bridgehead atoms. The second kappa shape index (κ2) is 8.98. The Morgan fingerprint density at radius 3 is 2.00 bits per heavy atom. The van der Waals surface area contributed by atoms with E-state index in [-0.39, 0.29) is 5.41 Å². The fraction of sp³-hybridized carbons (Fsp3) is 0.184. The summed E-state index contributed by atoms with van der Waals surface area (Å²) >= 11 is 0. The van der Waals surface area contributed by atoms with Gasteiger partial charge in [-0.3, -0.25) is 9.97 Å². The molecule has 5 heteroatoms. The molecule has 1 fully saturated rings. The molecule has 0 saturated heterocycles. The average Bonchev–Trinajstić information content (AvgIpc) is 3.85. The molecule has 3 aliphatic carbocycles. The molecule has 0 N–H and O–H groups in total. The average molecular weight is 556 g/mol. The number of hydrogen-bond donors (Lipinski definition) is 0. The first-order valence-electron chi connectivity index (χ1n) is 15.1. The zero-order valence-electron chi connectivity index (χ0n) is 24.1.